The van der Waals surface area contributed by atoms with Crippen LogP contribution < -0.4 is 15.0 Å². The fraction of sp³-hybridized carbons (Fsp3) is 0.231. The lowest BCUT2D eigenvalue weighted by molar-refractivity contribution is 0.0997. The number of nitrogens with zero attached hydrogens (tertiary/aromatic N) is 4. The van der Waals surface area contributed by atoms with E-state index in [-0.39, 0.29) is 5.91 Å². The molecule has 0 unspecified atom stereocenters. The molecule has 0 saturated heterocycles. The maximum absolute atomic E-state index is 12.6. The second-order valence-corrected chi connectivity index (χ2v) is 8.11. The maximum atomic E-state index is 12.6. The molecule has 2 amide bonds. The van der Waals surface area contributed by atoms with Crippen LogP contribution in [0.3, 0.4) is 0 Å². The monoisotopic (exact) mass is 457 g/mol. The summed E-state index contributed by atoms with van der Waals surface area (Å²) in [6.07, 6.45) is 0.933. The molecule has 0 radical (unpaired) electrons. The first-order valence-electron chi connectivity index (χ1n) is 10.9. The van der Waals surface area contributed by atoms with Crippen molar-refractivity contribution in [3.8, 4) is 5.75 Å². The van der Waals surface area contributed by atoms with Gasteiger partial charge in [0.05, 0.1) is 7.11 Å². The Hall–Kier alpha value is -4.29. The molecular weight excluding hydrogens is 430 g/mol. The zero-order valence-corrected chi connectivity index (χ0v) is 19.4. The molecule has 0 aromatic heterocycles. The van der Waals surface area contributed by atoms with Crippen LogP contribution in [0.1, 0.15) is 41.0 Å². The van der Waals surface area contributed by atoms with Gasteiger partial charge in [-0.15, -0.1) is 0 Å². The summed E-state index contributed by atoms with van der Waals surface area (Å²) in [5, 5.41) is 6.09. The standard InChI is InChI=1S/C26H27N5O3/c1-18(2)14-15-31(23-8-4-6-19(16-23)26(33)29-30-27)22-12-10-21(11-13-22)28-25(32)20-7-5-9-24(17-20)34-3/h4-13,16-18H,14-15H2,1-3H3,(H,28,32). The lowest BCUT2D eigenvalue weighted by atomic mass is 10.1. The molecule has 0 heterocycles. The number of hydrogen-bond acceptors (Lipinski definition) is 4. The van der Waals surface area contributed by atoms with E-state index in [1.165, 1.54) is 0 Å². The van der Waals surface area contributed by atoms with Crippen molar-refractivity contribution in [2.45, 2.75) is 20.3 Å². The van der Waals surface area contributed by atoms with Crippen molar-refractivity contribution in [1.29, 1.82) is 0 Å². The topological polar surface area (TPSA) is 107 Å². The number of rotatable bonds is 9. The molecule has 0 saturated carbocycles. The van der Waals surface area contributed by atoms with Crippen LogP contribution in [0.15, 0.2) is 77.9 Å². The third-order valence-electron chi connectivity index (χ3n) is 5.24. The van der Waals surface area contributed by atoms with Crippen LogP contribution in [0.5, 0.6) is 5.75 Å². The predicted molar refractivity (Wildman–Crippen MR) is 134 cm³/mol. The summed E-state index contributed by atoms with van der Waals surface area (Å²) in [5.41, 5.74) is 11.8. The van der Waals surface area contributed by atoms with Crippen LogP contribution in [-0.2, 0) is 0 Å². The van der Waals surface area contributed by atoms with E-state index in [0.29, 0.717) is 28.5 Å². The van der Waals surface area contributed by atoms with Crippen LogP contribution in [0.25, 0.3) is 10.4 Å². The van der Waals surface area contributed by atoms with Crippen LogP contribution >= 0.6 is 0 Å². The molecule has 0 aliphatic rings. The van der Waals surface area contributed by atoms with E-state index in [1.54, 1.807) is 49.6 Å². The molecule has 34 heavy (non-hydrogen) atoms. The third-order valence-corrected chi connectivity index (χ3v) is 5.24. The zero-order chi connectivity index (χ0) is 24.5. The molecule has 8 heteroatoms. The van der Waals surface area contributed by atoms with Gasteiger partial charge in [0.2, 0.25) is 5.91 Å². The van der Waals surface area contributed by atoms with Gasteiger partial charge < -0.3 is 15.0 Å². The summed E-state index contributed by atoms with van der Waals surface area (Å²) in [7, 11) is 1.56. The van der Waals surface area contributed by atoms with Gasteiger partial charge >= 0.3 is 0 Å². The van der Waals surface area contributed by atoms with Gasteiger partial charge in [-0.25, -0.2) is 0 Å². The average Bonchev–Trinajstić information content (AvgIpc) is 2.85. The number of amides is 2. The van der Waals surface area contributed by atoms with Crippen molar-refractivity contribution < 1.29 is 14.3 Å². The van der Waals surface area contributed by atoms with Crippen LogP contribution in [0.4, 0.5) is 17.1 Å². The highest BCUT2D eigenvalue weighted by Gasteiger charge is 2.14. The number of anilines is 3. The van der Waals surface area contributed by atoms with Gasteiger partial charge in [-0.3, -0.25) is 9.59 Å². The molecule has 3 aromatic carbocycles. The number of carbonyl (C=O) groups is 2. The summed E-state index contributed by atoms with van der Waals surface area (Å²) in [4.78, 5) is 29.3. The smallest absolute Gasteiger partial charge is 0.255 e. The van der Waals surface area contributed by atoms with Gasteiger partial charge in [-0.05, 0) is 77.6 Å². The van der Waals surface area contributed by atoms with Crippen LogP contribution in [0.2, 0.25) is 0 Å². The molecular formula is C26H27N5O3. The summed E-state index contributed by atoms with van der Waals surface area (Å²) in [6.45, 7) is 5.03. The van der Waals surface area contributed by atoms with E-state index in [0.717, 1.165) is 24.3 Å². The number of benzene rings is 3. The molecule has 0 bridgehead atoms. The third kappa shape index (κ3) is 6.37. The van der Waals surface area contributed by atoms with E-state index >= 15 is 0 Å². The zero-order valence-electron chi connectivity index (χ0n) is 19.4. The fourth-order valence-electron chi connectivity index (χ4n) is 3.39. The molecule has 3 aromatic rings. The summed E-state index contributed by atoms with van der Waals surface area (Å²) < 4.78 is 5.19. The quantitative estimate of drug-likeness (QED) is 0.222. The van der Waals surface area contributed by atoms with Crippen molar-refractivity contribution >= 4 is 28.9 Å². The highest BCUT2D eigenvalue weighted by Crippen LogP contribution is 2.29. The maximum Gasteiger partial charge on any atom is 0.255 e. The van der Waals surface area contributed by atoms with Crippen molar-refractivity contribution in [1.82, 2.24) is 0 Å². The Morgan fingerprint density at radius 3 is 2.38 bits per heavy atom. The molecule has 0 aliphatic heterocycles. The fourth-order valence-corrected chi connectivity index (χ4v) is 3.39. The molecule has 0 fully saturated rings. The van der Waals surface area contributed by atoms with E-state index in [2.05, 4.69) is 34.1 Å². The number of methoxy groups -OCH3 is 1. The Bertz CT molecular complexity index is 1200. The second kappa shape index (κ2) is 11.5. The van der Waals surface area contributed by atoms with Gasteiger partial charge in [0, 0.05) is 39.6 Å². The predicted octanol–water partition coefficient (Wildman–Crippen LogP) is 6.58. The van der Waals surface area contributed by atoms with Gasteiger partial charge in [-0.2, -0.15) is 0 Å². The van der Waals surface area contributed by atoms with Gasteiger partial charge in [-0.1, -0.05) is 32.0 Å². The Balaban J connectivity index is 1.83. The highest BCUT2D eigenvalue weighted by molar-refractivity contribution is 6.04. The van der Waals surface area contributed by atoms with E-state index in [9.17, 15) is 9.59 Å². The molecule has 0 atom stereocenters. The first-order chi connectivity index (χ1) is 16.4. The van der Waals surface area contributed by atoms with Gasteiger partial charge in [0.15, 0.2) is 0 Å². The number of ether oxygens (including phenoxy) is 1. The Labute approximate surface area is 198 Å². The molecule has 1 N–H and O–H groups in total. The average molecular weight is 458 g/mol. The highest BCUT2D eigenvalue weighted by atomic mass is 16.5. The normalized spacial score (nSPS) is 10.4. The molecule has 0 aliphatic carbocycles. The lowest BCUT2D eigenvalue weighted by Gasteiger charge is -2.26. The number of nitrogens with one attached hydrogen (secondary N) is 1. The van der Waals surface area contributed by atoms with Crippen LogP contribution in [0, 0.1) is 5.92 Å². The summed E-state index contributed by atoms with van der Waals surface area (Å²) in [5.74, 6) is 0.248. The largest absolute Gasteiger partial charge is 0.497 e. The Morgan fingerprint density at radius 2 is 1.71 bits per heavy atom. The van der Waals surface area contributed by atoms with Crippen molar-refractivity contribution in [3.05, 3.63) is 94.4 Å². The van der Waals surface area contributed by atoms with Crippen molar-refractivity contribution in [3.63, 3.8) is 0 Å². The minimum atomic E-state index is -0.622. The van der Waals surface area contributed by atoms with Gasteiger partial charge in [0.25, 0.3) is 5.91 Å². The molecule has 0 spiro atoms. The van der Waals surface area contributed by atoms with E-state index in [4.69, 9.17) is 10.3 Å². The molecule has 8 nitrogen and oxygen atoms in total. The summed E-state index contributed by atoms with van der Waals surface area (Å²) >= 11 is 0. The first-order valence-corrected chi connectivity index (χ1v) is 10.9. The second-order valence-electron chi connectivity index (χ2n) is 8.11. The molecule has 3 rings (SSSR count). The number of carbonyl (C=O) groups excluding carboxylic acids is 2. The number of hydrogen-bond donors (Lipinski definition) is 1. The Morgan fingerprint density at radius 1 is 1.00 bits per heavy atom. The van der Waals surface area contributed by atoms with Crippen LogP contribution in [-0.4, -0.2) is 25.5 Å². The minimum absolute atomic E-state index is 0.229. The van der Waals surface area contributed by atoms with Crippen molar-refractivity contribution in [2.75, 3.05) is 23.9 Å². The van der Waals surface area contributed by atoms with E-state index in [1.807, 2.05) is 30.3 Å². The first kappa shape index (κ1) is 24.4. The number of azide groups is 1. The summed E-state index contributed by atoms with van der Waals surface area (Å²) in [6, 6.07) is 21.5. The van der Waals surface area contributed by atoms with Gasteiger partial charge in [0.1, 0.15) is 5.75 Å². The Kier molecular flexibility index (Phi) is 8.26. The SMILES string of the molecule is COc1cccc(C(=O)Nc2ccc(N(CCC(C)C)c3cccc(C(=O)N=[N+]=[N-])c3)cc2)c1. The van der Waals surface area contributed by atoms with E-state index < -0.39 is 5.91 Å². The molecule has 174 valence electrons. The van der Waals surface area contributed by atoms with Crippen molar-refractivity contribution in [2.24, 2.45) is 11.0 Å². The lowest BCUT2D eigenvalue weighted by Crippen LogP contribution is -2.20. The minimum Gasteiger partial charge on any atom is -0.497 e.